The van der Waals surface area contributed by atoms with Crippen molar-refractivity contribution in [1.82, 2.24) is 0 Å². The quantitative estimate of drug-likeness (QED) is 0.292. The van der Waals surface area contributed by atoms with Crippen molar-refractivity contribution in [1.29, 1.82) is 0 Å². The zero-order valence-corrected chi connectivity index (χ0v) is 9.55. The van der Waals surface area contributed by atoms with Gasteiger partial charge < -0.3 is 4.43 Å². The zero-order valence-electron chi connectivity index (χ0n) is 8.55. The minimum Gasteiger partial charge on any atom is -0.549 e. The van der Waals surface area contributed by atoms with E-state index in [2.05, 4.69) is 19.6 Å². The Kier molecular flexibility index (Phi) is 4.24. The highest BCUT2D eigenvalue weighted by Crippen LogP contribution is 2.10. The molecule has 0 bridgehead atoms. The first-order chi connectivity index (χ1) is 5.37. The maximum absolute atomic E-state index is 10.5. The van der Waals surface area contributed by atoms with Crippen LogP contribution in [0.15, 0.2) is 11.8 Å². The van der Waals surface area contributed by atoms with Crippen LogP contribution in [0.4, 0.5) is 0 Å². The lowest BCUT2D eigenvalue weighted by atomic mass is 10.1. The second kappa shape index (κ2) is 4.45. The van der Waals surface area contributed by atoms with Gasteiger partial charge in [-0.25, -0.2) is 0 Å². The van der Waals surface area contributed by atoms with Crippen molar-refractivity contribution < 1.29 is 9.22 Å². The van der Waals surface area contributed by atoms with Gasteiger partial charge in [-0.2, -0.15) is 0 Å². The van der Waals surface area contributed by atoms with E-state index in [9.17, 15) is 4.79 Å². The summed E-state index contributed by atoms with van der Waals surface area (Å²) >= 11 is 0. The van der Waals surface area contributed by atoms with E-state index in [1.54, 1.807) is 6.26 Å². The summed E-state index contributed by atoms with van der Waals surface area (Å²) in [5, 5.41) is 0. The number of hydrogen-bond acceptors (Lipinski definition) is 2. The van der Waals surface area contributed by atoms with E-state index in [0.717, 1.165) is 11.9 Å². The molecule has 0 heterocycles. The maximum Gasteiger partial charge on any atom is 0.241 e. The molecule has 0 unspecified atom stereocenters. The van der Waals surface area contributed by atoms with Crippen LogP contribution < -0.4 is 0 Å². The molecule has 0 atom stereocenters. The van der Waals surface area contributed by atoms with E-state index < -0.39 is 8.32 Å². The van der Waals surface area contributed by atoms with E-state index in [1.165, 1.54) is 0 Å². The highest BCUT2D eigenvalue weighted by atomic mass is 28.4. The Balaban J connectivity index is 4.22. The third-order valence-corrected chi connectivity index (χ3v) is 2.18. The van der Waals surface area contributed by atoms with Crippen molar-refractivity contribution in [3.63, 3.8) is 0 Å². The van der Waals surface area contributed by atoms with Crippen molar-refractivity contribution in [2.75, 3.05) is 0 Å². The van der Waals surface area contributed by atoms with Gasteiger partial charge in [-0.15, -0.1) is 0 Å². The van der Waals surface area contributed by atoms with E-state index >= 15 is 0 Å². The van der Waals surface area contributed by atoms with Gasteiger partial charge in [0.15, 0.2) is 0 Å². The summed E-state index contributed by atoms with van der Waals surface area (Å²) in [7, 11) is -1.52. The van der Waals surface area contributed by atoms with Crippen LogP contribution in [0, 0.1) is 5.92 Å². The standard InChI is InChI=1S/C9H18O2Si/c1-8(2)9(6-10)7-11-12(3,4)5/h6-8H,1-5H3. The number of allylic oxidation sites excluding steroid dienone is 1. The van der Waals surface area contributed by atoms with Gasteiger partial charge in [0.2, 0.25) is 8.32 Å². The van der Waals surface area contributed by atoms with Crippen LogP contribution in [-0.4, -0.2) is 14.6 Å². The first-order valence-corrected chi connectivity index (χ1v) is 7.60. The Bertz CT molecular complexity index is 177. The van der Waals surface area contributed by atoms with Crippen molar-refractivity contribution >= 4 is 14.6 Å². The Morgan fingerprint density at radius 1 is 1.33 bits per heavy atom. The number of carbonyl (C=O) groups is 1. The molecule has 0 saturated heterocycles. The van der Waals surface area contributed by atoms with Crippen molar-refractivity contribution in [2.24, 2.45) is 5.92 Å². The van der Waals surface area contributed by atoms with Gasteiger partial charge in [0.1, 0.15) is 6.29 Å². The monoisotopic (exact) mass is 186 g/mol. The third kappa shape index (κ3) is 5.13. The molecule has 0 amide bonds. The van der Waals surface area contributed by atoms with E-state index in [1.807, 2.05) is 13.8 Å². The average molecular weight is 186 g/mol. The van der Waals surface area contributed by atoms with Crippen LogP contribution >= 0.6 is 0 Å². The molecule has 12 heavy (non-hydrogen) atoms. The van der Waals surface area contributed by atoms with E-state index in [4.69, 9.17) is 4.43 Å². The van der Waals surface area contributed by atoms with Crippen LogP contribution in [0.1, 0.15) is 13.8 Å². The number of carbonyl (C=O) groups excluding carboxylic acids is 1. The summed E-state index contributed by atoms with van der Waals surface area (Å²) in [4.78, 5) is 10.5. The molecule has 0 fully saturated rings. The summed E-state index contributed by atoms with van der Waals surface area (Å²) in [5.41, 5.74) is 0.734. The third-order valence-electron chi connectivity index (χ3n) is 1.35. The molecule has 0 saturated carbocycles. The molecule has 0 N–H and O–H groups in total. The van der Waals surface area contributed by atoms with Crippen molar-refractivity contribution in [3.05, 3.63) is 11.8 Å². The molecule has 70 valence electrons. The maximum atomic E-state index is 10.5. The predicted octanol–water partition coefficient (Wildman–Crippen LogP) is 2.58. The fourth-order valence-electron chi connectivity index (χ4n) is 0.545. The van der Waals surface area contributed by atoms with Crippen LogP contribution in [-0.2, 0) is 9.22 Å². The van der Waals surface area contributed by atoms with Crippen molar-refractivity contribution in [3.8, 4) is 0 Å². The predicted molar refractivity (Wildman–Crippen MR) is 53.4 cm³/mol. The van der Waals surface area contributed by atoms with Crippen LogP contribution in [0.3, 0.4) is 0 Å². The largest absolute Gasteiger partial charge is 0.549 e. The lowest BCUT2D eigenvalue weighted by Crippen LogP contribution is -2.22. The molecule has 0 aliphatic heterocycles. The van der Waals surface area contributed by atoms with Gasteiger partial charge in [0, 0.05) is 5.57 Å². The van der Waals surface area contributed by atoms with Gasteiger partial charge in [-0.05, 0) is 25.6 Å². The summed E-state index contributed by atoms with van der Waals surface area (Å²) in [6.45, 7) is 10.2. The molecule has 0 aliphatic rings. The van der Waals surface area contributed by atoms with Crippen LogP contribution in [0.25, 0.3) is 0 Å². The molecule has 2 nitrogen and oxygen atoms in total. The lowest BCUT2D eigenvalue weighted by molar-refractivity contribution is -0.105. The first-order valence-electron chi connectivity index (χ1n) is 4.20. The lowest BCUT2D eigenvalue weighted by Gasteiger charge is -2.16. The molecule has 0 aliphatic carbocycles. The van der Waals surface area contributed by atoms with Gasteiger partial charge in [-0.3, -0.25) is 4.79 Å². The minimum absolute atomic E-state index is 0.249. The molecule has 0 aromatic heterocycles. The SMILES string of the molecule is CC(C)C(C=O)=CO[Si](C)(C)C. The number of rotatable bonds is 4. The van der Waals surface area contributed by atoms with Crippen LogP contribution in [0.5, 0.6) is 0 Å². The second-order valence-electron chi connectivity index (χ2n) is 4.12. The molecule has 0 aromatic rings. The van der Waals surface area contributed by atoms with Gasteiger partial charge >= 0.3 is 0 Å². The Morgan fingerprint density at radius 2 is 1.83 bits per heavy atom. The fraction of sp³-hybridized carbons (Fsp3) is 0.667. The molecule has 0 radical (unpaired) electrons. The first kappa shape index (κ1) is 11.4. The van der Waals surface area contributed by atoms with Gasteiger partial charge in [0.05, 0.1) is 6.26 Å². The number of aldehydes is 1. The number of hydrogen-bond donors (Lipinski definition) is 0. The smallest absolute Gasteiger partial charge is 0.241 e. The van der Waals surface area contributed by atoms with Gasteiger partial charge in [0.25, 0.3) is 0 Å². The van der Waals surface area contributed by atoms with E-state index in [0.29, 0.717) is 0 Å². The summed E-state index contributed by atoms with van der Waals surface area (Å²) in [6, 6.07) is 0. The second-order valence-corrected chi connectivity index (χ2v) is 8.58. The molecule has 0 spiro atoms. The van der Waals surface area contributed by atoms with E-state index in [-0.39, 0.29) is 5.92 Å². The molecule has 0 aromatic carbocycles. The highest BCUT2D eigenvalue weighted by Gasteiger charge is 2.14. The minimum atomic E-state index is -1.52. The van der Waals surface area contributed by atoms with Gasteiger partial charge in [-0.1, -0.05) is 13.8 Å². The average Bonchev–Trinajstić information content (AvgIpc) is 1.85. The van der Waals surface area contributed by atoms with Crippen molar-refractivity contribution in [2.45, 2.75) is 33.5 Å². The molecular weight excluding hydrogens is 168 g/mol. The molecule has 3 heteroatoms. The molecule has 0 rings (SSSR count). The fourth-order valence-corrected chi connectivity index (χ4v) is 1.03. The highest BCUT2D eigenvalue weighted by molar-refractivity contribution is 6.69. The summed E-state index contributed by atoms with van der Waals surface area (Å²) < 4.78 is 5.49. The zero-order chi connectivity index (χ0) is 9.78. The Labute approximate surface area is 75.7 Å². The Morgan fingerprint density at radius 3 is 2.08 bits per heavy atom. The summed E-state index contributed by atoms with van der Waals surface area (Å²) in [6.07, 6.45) is 2.48. The summed E-state index contributed by atoms with van der Waals surface area (Å²) in [5.74, 6) is 0.249. The normalized spacial score (nSPS) is 13.3. The topological polar surface area (TPSA) is 26.3 Å². The Hall–Kier alpha value is -0.573. The van der Waals surface area contributed by atoms with Crippen LogP contribution in [0.2, 0.25) is 19.6 Å². The molecular formula is C9H18O2Si.